The SMILES string of the molecule is CCN1CC2SC2C1C(=O)C(C)(C)C. The van der Waals surface area contributed by atoms with E-state index in [1.165, 1.54) is 0 Å². The summed E-state index contributed by atoms with van der Waals surface area (Å²) in [6, 6.07) is 0.204. The molecule has 0 aliphatic carbocycles. The van der Waals surface area contributed by atoms with E-state index in [1.54, 1.807) is 0 Å². The lowest BCUT2D eigenvalue weighted by atomic mass is 9.85. The average Bonchev–Trinajstić information content (AvgIpc) is 2.75. The molecule has 2 aliphatic heterocycles. The maximum atomic E-state index is 12.2. The van der Waals surface area contributed by atoms with Crippen LogP contribution in [0.25, 0.3) is 0 Å². The van der Waals surface area contributed by atoms with Crippen molar-refractivity contribution in [1.82, 2.24) is 4.90 Å². The van der Waals surface area contributed by atoms with E-state index in [2.05, 4.69) is 11.8 Å². The zero-order valence-corrected chi connectivity index (χ0v) is 10.2. The van der Waals surface area contributed by atoms with Crippen molar-refractivity contribution >= 4 is 17.5 Å². The summed E-state index contributed by atoms with van der Waals surface area (Å²) < 4.78 is 0. The van der Waals surface area contributed by atoms with E-state index < -0.39 is 0 Å². The van der Waals surface area contributed by atoms with Crippen LogP contribution >= 0.6 is 11.8 Å². The molecule has 0 radical (unpaired) electrons. The summed E-state index contributed by atoms with van der Waals surface area (Å²) in [5.41, 5.74) is -0.184. The molecule has 2 rings (SSSR count). The van der Waals surface area contributed by atoms with Crippen molar-refractivity contribution in [2.45, 2.75) is 44.2 Å². The Balaban J connectivity index is 2.12. The van der Waals surface area contributed by atoms with Crippen molar-refractivity contribution < 1.29 is 4.79 Å². The van der Waals surface area contributed by atoms with Gasteiger partial charge in [0.05, 0.1) is 6.04 Å². The van der Waals surface area contributed by atoms with Gasteiger partial charge in [-0.15, -0.1) is 11.8 Å². The molecular formula is C11H19NOS. The largest absolute Gasteiger partial charge is 0.297 e. The standard InChI is InChI=1S/C11H19NOS/c1-5-12-6-7-9(14-7)8(12)10(13)11(2,3)4/h7-9H,5-6H2,1-4H3. The molecule has 80 valence electrons. The van der Waals surface area contributed by atoms with Gasteiger partial charge < -0.3 is 0 Å². The Morgan fingerprint density at radius 1 is 1.50 bits per heavy atom. The zero-order valence-electron chi connectivity index (χ0n) is 9.41. The molecule has 0 N–H and O–H groups in total. The number of fused-ring (bicyclic) bond motifs is 1. The summed E-state index contributed by atoms with van der Waals surface area (Å²) >= 11 is 1.99. The van der Waals surface area contributed by atoms with Gasteiger partial charge in [-0.1, -0.05) is 27.7 Å². The van der Waals surface area contributed by atoms with Crippen molar-refractivity contribution in [3.8, 4) is 0 Å². The number of likely N-dealkylation sites (tertiary alicyclic amines) is 1. The van der Waals surface area contributed by atoms with E-state index in [1.807, 2.05) is 32.5 Å². The van der Waals surface area contributed by atoms with Gasteiger partial charge in [-0.05, 0) is 6.54 Å². The monoisotopic (exact) mass is 213 g/mol. The van der Waals surface area contributed by atoms with Gasteiger partial charge in [-0.3, -0.25) is 9.69 Å². The highest BCUT2D eigenvalue weighted by atomic mass is 32.2. The van der Waals surface area contributed by atoms with Gasteiger partial charge in [0, 0.05) is 22.5 Å². The third-order valence-electron chi connectivity index (χ3n) is 3.15. The van der Waals surface area contributed by atoms with E-state index in [-0.39, 0.29) is 11.5 Å². The van der Waals surface area contributed by atoms with Gasteiger partial charge in [-0.25, -0.2) is 0 Å². The Morgan fingerprint density at radius 2 is 2.14 bits per heavy atom. The Morgan fingerprint density at radius 3 is 2.64 bits per heavy atom. The lowest BCUT2D eigenvalue weighted by molar-refractivity contribution is -0.130. The third kappa shape index (κ3) is 1.61. The number of carbonyl (C=O) groups is 1. The summed E-state index contributed by atoms with van der Waals surface area (Å²) in [6.07, 6.45) is 0. The highest BCUT2D eigenvalue weighted by molar-refractivity contribution is 8.07. The summed E-state index contributed by atoms with van der Waals surface area (Å²) in [5.74, 6) is 0.428. The van der Waals surface area contributed by atoms with E-state index in [0.29, 0.717) is 11.0 Å². The van der Waals surface area contributed by atoms with Crippen LogP contribution < -0.4 is 0 Å². The van der Waals surface area contributed by atoms with Crippen molar-refractivity contribution in [2.75, 3.05) is 13.1 Å². The van der Waals surface area contributed by atoms with Crippen LogP contribution in [0.4, 0.5) is 0 Å². The fourth-order valence-corrected chi connectivity index (χ4v) is 3.49. The topological polar surface area (TPSA) is 20.3 Å². The molecule has 2 heterocycles. The molecule has 0 spiro atoms. The van der Waals surface area contributed by atoms with Crippen LogP contribution in [0.5, 0.6) is 0 Å². The van der Waals surface area contributed by atoms with Crippen molar-refractivity contribution in [2.24, 2.45) is 5.41 Å². The number of carbonyl (C=O) groups excluding carboxylic acids is 1. The highest BCUT2D eigenvalue weighted by Crippen LogP contribution is 2.51. The average molecular weight is 213 g/mol. The number of ketones is 1. The lowest BCUT2D eigenvalue weighted by Crippen LogP contribution is -2.45. The first-order valence-electron chi connectivity index (χ1n) is 5.39. The molecule has 2 fully saturated rings. The predicted molar refractivity (Wildman–Crippen MR) is 60.7 cm³/mol. The molecule has 0 aromatic heterocycles. The molecular weight excluding hydrogens is 194 g/mol. The summed E-state index contributed by atoms with van der Waals surface area (Å²) in [7, 11) is 0. The minimum atomic E-state index is -0.184. The molecule has 0 aromatic rings. The second-order valence-electron chi connectivity index (χ2n) is 5.29. The van der Waals surface area contributed by atoms with Crippen molar-refractivity contribution in [3.63, 3.8) is 0 Å². The summed E-state index contributed by atoms with van der Waals surface area (Å²) in [5, 5.41) is 1.37. The van der Waals surface area contributed by atoms with Crippen LogP contribution in [-0.4, -0.2) is 40.3 Å². The van der Waals surface area contributed by atoms with Crippen LogP contribution in [0.2, 0.25) is 0 Å². The number of hydrogen-bond donors (Lipinski definition) is 0. The molecule has 3 heteroatoms. The first kappa shape index (κ1) is 10.5. The maximum absolute atomic E-state index is 12.2. The molecule has 0 saturated carbocycles. The first-order valence-corrected chi connectivity index (χ1v) is 6.33. The molecule has 3 unspecified atom stereocenters. The van der Waals surface area contributed by atoms with Crippen LogP contribution in [0, 0.1) is 5.41 Å². The number of nitrogens with zero attached hydrogens (tertiary/aromatic N) is 1. The van der Waals surface area contributed by atoms with Crippen LogP contribution in [0.15, 0.2) is 0 Å². The van der Waals surface area contributed by atoms with E-state index >= 15 is 0 Å². The van der Waals surface area contributed by atoms with Crippen LogP contribution in [0.1, 0.15) is 27.7 Å². The Hall–Kier alpha value is -0.0200. The van der Waals surface area contributed by atoms with Gasteiger partial charge >= 0.3 is 0 Å². The van der Waals surface area contributed by atoms with E-state index in [0.717, 1.165) is 18.3 Å². The minimum absolute atomic E-state index is 0.184. The number of hydrogen-bond acceptors (Lipinski definition) is 3. The zero-order chi connectivity index (χ0) is 10.5. The van der Waals surface area contributed by atoms with Gasteiger partial charge in [0.1, 0.15) is 0 Å². The summed E-state index contributed by atoms with van der Waals surface area (Å²) in [4.78, 5) is 14.6. The predicted octanol–water partition coefficient (Wildman–Crippen LogP) is 1.79. The van der Waals surface area contributed by atoms with Crippen LogP contribution in [-0.2, 0) is 4.79 Å². The summed E-state index contributed by atoms with van der Waals surface area (Å²) in [6.45, 7) is 10.4. The van der Waals surface area contributed by atoms with Crippen LogP contribution in [0.3, 0.4) is 0 Å². The lowest BCUT2D eigenvalue weighted by Gasteiger charge is -2.29. The second kappa shape index (κ2) is 3.24. The van der Waals surface area contributed by atoms with E-state index in [4.69, 9.17) is 0 Å². The maximum Gasteiger partial charge on any atom is 0.156 e. The Labute approximate surface area is 90.4 Å². The smallest absolute Gasteiger partial charge is 0.156 e. The molecule has 3 atom stereocenters. The number of rotatable bonds is 2. The second-order valence-corrected chi connectivity index (χ2v) is 6.71. The van der Waals surface area contributed by atoms with Gasteiger partial charge in [0.15, 0.2) is 5.78 Å². The highest BCUT2D eigenvalue weighted by Gasteiger charge is 2.57. The van der Waals surface area contributed by atoms with Gasteiger partial charge in [0.2, 0.25) is 0 Å². The number of thioether (sulfide) groups is 1. The van der Waals surface area contributed by atoms with Gasteiger partial charge in [0.25, 0.3) is 0 Å². The number of Topliss-reactive ketones (excluding diaryl/α,β-unsaturated/α-hetero) is 1. The Kier molecular flexibility index (Phi) is 2.43. The quantitative estimate of drug-likeness (QED) is 0.652. The Bertz CT molecular complexity index is 259. The molecule has 2 aliphatic rings. The van der Waals surface area contributed by atoms with Crippen molar-refractivity contribution in [3.05, 3.63) is 0 Å². The molecule has 0 aromatic carbocycles. The van der Waals surface area contributed by atoms with Gasteiger partial charge in [-0.2, -0.15) is 0 Å². The normalized spacial score (nSPS) is 37.0. The fraction of sp³-hybridized carbons (Fsp3) is 0.909. The first-order chi connectivity index (χ1) is 6.45. The minimum Gasteiger partial charge on any atom is -0.297 e. The molecule has 0 amide bonds. The molecule has 2 nitrogen and oxygen atoms in total. The fourth-order valence-electron chi connectivity index (χ4n) is 2.22. The molecule has 0 bridgehead atoms. The van der Waals surface area contributed by atoms with Crippen molar-refractivity contribution in [1.29, 1.82) is 0 Å². The number of likely N-dealkylation sites (N-methyl/N-ethyl adjacent to an activating group) is 1. The molecule has 14 heavy (non-hydrogen) atoms. The molecule has 2 saturated heterocycles. The van der Waals surface area contributed by atoms with E-state index in [9.17, 15) is 4.79 Å². The third-order valence-corrected chi connectivity index (χ3v) is 4.53.